The van der Waals surface area contributed by atoms with E-state index in [1.165, 1.54) is 17.6 Å². The van der Waals surface area contributed by atoms with Gasteiger partial charge in [0.05, 0.1) is 17.2 Å². The Kier molecular flexibility index (Phi) is 6.32. The molecular weight excluding hydrogens is 426 g/mol. The summed E-state index contributed by atoms with van der Waals surface area (Å²) in [6.07, 6.45) is 1.40. The van der Waals surface area contributed by atoms with Gasteiger partial charge in [0.1, 0.15) is 17.7 Å². The van der Waals surface area contributed by atoms with Crippen molar-refractivity contribution in [2.24, 2.45) is 0 Å². The lowest BCUT2D eigenvalue weighted by Gasteiger charge is -2.08. The zero-order chi connectivity index (χ0) is 22.5. The number of aromatic nitrogens is 1. The van der Waals surface area contributed by atoms with Gasteiger partial charge in [-0.15, -0.1) is 11.3 Å². The van der Waals surface area contributed by atoms with E-state index in [0.29, 0.717) is 40.6 Å². The second kappa shape index (κ2) is 9.49. The normalized spacial score (nSPS) is 10.6. The Morgan fingerprint density at radius 3 is 2.19 bits per heavy atom. The quantitative estimate of drug-likeness (QED) is 0.384. The lowest BCUT2D eigenvalue weighted by molar-refractivity contribution is 0.101. The lowest BCUT2D eigenvalue weighted by atomic mass is 10.1. The fraction of sp³-hybridized carbons (Fsp3) is 0.125. The Labute approximate surface area is 189 Å². The summed E-state index contributed by atoms with van der Waals surface area (Å²) in [5.41, 5.74) is 2.81. The zero-order valence-electron chi connectivity index (χ0n) is 17.5. The van der Waals surface area contributed by atoms with Gasteiger partial charge in [0.15, 0.2) is 5.76 Å². The minimum absolute atomic E-state index is 0.245. The number of nitrogens with zero attached hydrogens (tertiary/aromatic N) is 1. The fourth-order valence-electron chi connectivity index (χ4n) is 2.98. The van der Waals surface area contributed by atoms with Crippen molar-refractivity contribution >= 4 is 34.5 Å². The van der Waals surface area contributed by atoms with Gasteiger partial charge in [-0.2, -0.15) is 0 Å². The van der Waals surface area contributed by atoms with E-state index in [2.05, 4.69) is 15.6 Å². The average Bonchev–Trinajstić information content (AvgIpc) is 3.45. The molecule has 2 amide bonds. The molecule has 7 nitrogen and oxygen atoms in total. The molecule has 2 heterocycles. The van der Waals surface area contributed by atoms with Gasteiger partial charge in [-0.05, 0) is 68.4 Å². The number of benzene rings is 2. The maximum atomic E-state index is 12.5. The first-order valence-corrected chi connectivity index (χ1v) is 10.9. The predicted octanol–water partition coefficient (Wildman–Crippen LogP) is 5.61. The second-order valence-corrected chi connectivity index (χ2v) is 7.96. The molecular formula is C24H21N3O4S. The van der Waals surface area contributed by atoms with E-state index in [0.717, 1.165) is 10.8 Å². The van der Waals surface area contributed by atoms with E-state index < -0.39 is 0 Å². The largest absolute Gasteiger partial charge is 0.494 e. The van der Waals surface area contributed by atoms with E-state index in [-0.39, 0.29) is 11.8 Å². The van der Waals surface area contributed by atoms with Gasteiger partial charge in [-0.25, -0.2) is 4.98 Å². The number of ether oxygens (including phenoxy) is 1. The van der Waals surface area contributed by atoms with E-state index in [9.17, 15) is 9.59 Å². The molecule has 0 bridgehead atoms. The van der Waals surface area contributed by atoms with Gasteiger partial charge in [-0.3, -0.25) is 9.59 Å². The molecule has 2 N–H and O–H groups in total. The third kappa shape index (κ3) is 5.04. The highest BCUT2D eigenvalue weighted by molar-refractivity contribution is 7.09. The van der Waals surface area contributed by atoms with Crippen LogP contribution >= 0.6 is 11.3 Å². The summed E-state index contributed by atoms with van der Waals surface area (Å²) in [6, 6.07) is 15.5. The number of rotatable bonds is 7. The minimum Gasteiger partial charge on any atom is -0.494 e. The highest BCUT2D eigenvalue weighted by Gasteiger charge is 2.14. The van der Waals surface area contributed by atoms with Crippen LogP contribution in [0.1, 0.15) is 32.6 Å². The molecule has 0 atom stereocenters. The maximum absolute atomic E-state index is 12.5. The summed E-state index contributed by atoms with van der Waals surface area (Å²) < 4.78 is 10.9. The van der Waals surface area contributed by atoms with Crippen LogP contribution in [-0.4, -0.2) is 23.4 Å². The van der Waals surface area contributed by atoms with Gasteiger partial charge in [-0.1, -0.05) is 0 Å². The molecule has 4 rings (SSSR count). The van der Waals surface area contributed by atoms with Crippen molar-refractivity contribution in [2.45, 2.75) is 13.8 Å². The van der Waals surface area contributed by atoms with Crippen LogP contribution in [0.2, 0.25) is 0 Å². The molecule has 0 fully saturated rings. The summed E-state index contributed by atoms with van der Waals surface area (Å²) in [7, 11) is 0. The molecule has 4 aromatic rings. The number of carbonyl (C=O) groups is 2. The number of nitrogens with one attached hydrogen (secondary N) is 2. The highest BCUT2D eigenvalue weighted by atomic mass is 32.1. The summed E-state index contributed by atoms with van der Waals surface area (Å²) in [4.78, 5) is 29.3. The Bertz CT molecular complexity index is 1230. The number of furan rings is 1. The third-order valence-electron chi connectivity index (χ3n) is 4.56. The Morgan fingerprint density at radius 2 is 1.59 bits per heavy atom. The van der Waals surface area contributed by atoms with Crippen molar-refractivity contribution in [1.82, 2.24) is 4.98 Å². The predicted molar refractivity (Wildman–Crippen MR) is 125 cm³/mol. The van der Waals surface area contributed by atoms with Crippen LogP contribution in [0.5, 0.6) is 5.75 Å². The van der Waals surface area contributed by atoms with Crippen LogP contribution in [0.25, 0.3) is 11.5 Å². The summed E-state index contributed by atoms with van der Waals surface area (Å²) in [5, 5.41) is 8.44. The monoisotopic (exact) mass is 447 g/mol. The van der Waals surface area contributed by atoms with Crippen molar-refractivity contribution < 1.29 is 18.7 Å². The van der Waals surface area contributed by atoms with E-state index >= 15 is 0 Å². The Morgan fingerprint density at radius 1 is 0.969 bits per heavy atom. The summed E-state index contributed by atoms with van der Waals surface area (Å²) in [5.74, 6) is 0.737. The number of aryl methyl sites for hydroxylation is 1. The van der Waals surface area contributed by atoms with Gasteiger partial charge < -0.3 is 19.8 Å². The third-order valence-corrected chi connectivity index (χ3v) is 5.33. The van der Waals surface area contributed by atoms with E-state index in [1.807, 2.05) is 19.2 Å². The minimum atomic E-state index is -0.307. The van der Waals surface area contributed by atoms with Gasteiger partial charge in [0, 0.05) is 22.3 Å². The molecule has 0 unspecified atom stereocenters. The van der Waals surface area contributed by atoms with Gasteiger partial charge >= 0.3 is 0 Å². The van der Waals surface area contributed by atoms with Crippen LogP contribution in [0.15, 0.2) is 70.7 Å². The fourth-order valence-corrected chi connectivity index (χ4v) is 3.58. The standard InChI is InChI=1S/C24H21N3O4S/c1-3-30-20-10-8-19(9-11-20)26-23(28)16-4-6-18(7-5-16)27-24(29)17-12-22(31-13-17)21-14-32-15(2)25-21/h4-14H,3H2,1-2H3,(H,26,28)(H,27,29). The molecule has 0 aliphatic carbocycles. The number of hydrogen-bond acceptors (Lipinski definition) is 6. The molecule has 0 aliphatic heterocycles. The lowest BCUT2D eigenvalue weighted by Crippen LogP contribution is -2.13. The topological polar surface area (TPSA) is 93.5 Å². The Balaban J connectivity index is 1.36. The zero-order valence-corrected chi connectivity index (χ0v) is 18.4. The van der Waals surface area contributed by atoms with Crippen molar-refractivity contribution in [1.29, 1.82) is 0 Å². The van der Waals surface area contributed by atoms with Crippen LogP contribution < -0.4 is 15.4 Å². The smallest absolute Gasteiger partial charge is 0.258 e. The molecule has 32 heavy (non-hydrogen) atoms. The SMILES string of the molecule is CCOc1ccc(NC(=O)c2ccc(NC(=O)c3coc(-c4csc(C)n4)c3)cc2)cc1. The van der Waals surface area contributed by atoms with E-state index in [4.69, 9.17) is 9.15 Å². The molecule has 2 aromatic heterocycles. The molecule has 2 aromatic carbocycles. The van der Waals surface area contributed by atoms with Gasteiger partial charge in [0.25, 0.3) is 11.8 Å². The van der Waals surface area contributed by atoms with Crippen LogP contribution in [0, 0.1) is 6.92 Å². The first-order valence-electron chi connectivity index (χ1n) is 9.98. The molecule has 0 spiro atoms. The van der Waals surface area contributed by atoms with Crippen LogP contribution in [0.4, 0.5) is 11.4 Å². The number of amides is 2. The van der Waals surface area contributed by atoms with Crippen molar-refractivity contribution in [2.75, 3.05) is 17.2 Å². The van der Waals surface area contributed by atoms with E-state index in [1.54, 1.807) is 54.6 Å². The Hall–Kier alpha value is -3.91. The number of carbonyl (C=O) groups excluding carboxylic acids is 2. The highest BCUT2D eigenvalue weighted by Crippen LogP contribution is 2.24. The van der Waals surface area contributed by atoms with Crippen molar-refractivity contribution in [3.05, 3.63) is 82.4 Å². The molecule has 0 saturated carbocycles. The summed E-state index contributed by atoms with van der Waals surface area (Å²) >= 11 is 1.52. The molecule has 162 valence electrons. The van der Waals surface area contributed by atoms with Crippen LogP contribution in [-0.2, 0) is 0 Å². The number of anilines is 2. The molecule has 0 saturated heterocycles. The van der Waals surface area contributed by atoms with Crippen molar-refractivity contribution in [3.8, 4) is 17.2 Å². The van der Waals surface area contributed by atoms with Crippen LogP contribution in [0.3, 0.4) is 0 Å². The molecule has 8 heteroatoms. The van der Waals surface area contributed by atoms with Gasteiger partial charge in [0.2, 0.25) is 0 Å². The molecule has 0 aliphatic rings. The van der Waals surface area contributed by atoms with Crippen molar-refractivity contribution in [3.63, 3.8) is 0 Å². The number of thiazole rings is 1. The number of hydrogen-bond donors (Lipinski definition) is 2. The maximum Gasteiger partial charge on any atom is 0.258 e. The average molecular weight is 448 g/mol. The summed E-state index contributed by atoms with van der Waals surface area (Å²) in [6.45, 7) is 4.41. The second-order valence-electron chi connectivity index (χ2n) is 6.89. The first kappa shape index (κ1) is 21.3. The molecule has 0 radical (unpaired) electrons. The first-order chi connectivity index (χ1) is 15.5.